The number of anilines is 1. The molecular weight excluding hydrogens is 399 g/mol. The number of ether oxygens (including phenoxy) is 1. The summed E-state index contributed by atoms with van der Waals surface area (Å²) >= 11 is 0. The number of aryl methyl sites for hydroxylation is 1. The van der Waals surface area contributed by atoms with E-state index in [1.807, 2.05) is 13.8 Å². The molecule has 2 fully saturated rings. The Morgan fingerprint density at radius 3 is 2.71 bits per heavy atom. The molecule has 170 valence electrons. The molecule has 1 aromatic rings. The minimum Gasteiger partial charge on any atom is -0.450 e. The van der Waals surface area contributed by atoms with Gasteiger partial charge in [0.25, 0.3) is 0 Å². The van der Waals surface area contributed by atoms with Crippen LogP contribution in [0.4, 0.5) is 14.9 Å². The van der Waals surface area contributed by atoms with Gasteiger partial charge in [0.05, 0.1) is 6.61 Å². The third-order valence-electron chi connectivity index (χ3n) is 6.86. The number of halogens is 1. The van der Waals surface area contributed by atoms with E-state index < -0.39 is 6.04 Å². The van der Waals surface area contributed by atoms with Crippen molar-refractivity contribution in [3.05, 3.63) is 29.1 Å². The Hall–Kier alpha value is -2.35. The molecule has 2 N–H and O–H groups in total. The fourth-order valence-electron chi connectivity index (χ4n) is 5.14. The van der Waals surface area contributed by atoms with Crippen LogP contribution in [0.3, 0.4) is 0 Å². The third-order valence-corrected chi connectivity index (χ3v) is 6.86. The van der Waals surface area contributed by atoms with Crippen LogP contribution in [0.1, 0.15) is 43.7 Å². The number of benzene rings is 1. The first kappa shape index (κ1) is 21.9. The Kier molecular flexibility index (Phi) is 6.65. The second-order valence-corrected chi connectivity index (χ2v) is 8.87. The molecule has 0 bridgehead atoms. The summed E-state index contributed by atoms with van der Waals surface area (Å²) < 4.78 is 19.2. The van der Waals surface area contributed by atoms with Crippen molar-refractivity contribution in [1.82, 2.24) is 15.1 Å². The van der Waals surface area contributed by atoms with Crippen LogP contribution in [0.25, 0.3) is 0 Å². The van der Waals surface area contributed by atoms with Gasteiger partial charge in [0, 0.05) is 55.9 Å². The number of piperazine rings is 1. The molecular formula is C23H33FN4O3. The van der Waals surface area contributed by atoms with Gasteiger partial charge in [0.1, 0.15) is 11.9 Å². The Bertz CT molecular complexity index is 794. The van der Waals surface area contributed by atoms with Crippen molar-refractivity contribution in [1.29, 1.82) is 0 Å². The first-order valence-electron chi connectivity index (χ1n) is 11.5. The highest BCUT2D eigenvalue weighted by Gasteiger charge is 2.34. The summed E-state index contributed by atoms with van der Waals surface area (Å²) in [7, 11) is 0. The lowest BCUT2D eigenvalue weighted by Gasteiger charge is -2.42. The highest BCUT2D eigenvalue weighted by atomic mass is 19.1. The van der Waals surface area contributed by atoms with Gasteiger partial charge >= 0.3 is 6.09 Å². The number of carbonyl (C=O) groups is 2. The summed E-state index contributed by atoms with van der Waals surface area (Å²) in [6.45, 7) is 7.19. The summed E-state index contributed by atoms with van der Waals surface area (Å²) in [4.78, 5) is 29.0. The molecule has 3 atom stereocenters. The molecule has 0 spiro atoms. The van der Waals surface area contributed by atoms with E-state index in [9.17, 15) is 14.0 Å². The van der Waals surface area contributed by atoms with Gasteiger partial charge in [-0.15, -0.1) is 0 Å². The lowest BCUT2D eigenvalue weighted by molar-refractivity contribution is -0.122. The zero-order valence-electron chi connectivity index (χ0n) is 18.5. The lowest BCUT2D eigenvalue weighted by Crippen LogP contribution is -2.55. The summed E-state index contributed by atoms with van der Waals surface area (Å²) in [5.74, 6) is -0.295. The van der Waals surface area contributed by atoms with Crippen molar-refractivity contribution in [2.45, 2.75) is 64.1 Å². The number of carbonyl (C=O) groups excluding carboxylic acids is 2. The van der Waals surface area contributed by atoms with Crippen LogP contribution in [-0.2, 0) is 16.0 Å². The SMILES string of the molecule is CCOC(=O)N1CCN(C2CCC[C@@H](NC(=O)C3Cc4c(F)ccc(C)c4N3)C2)CC1. The van der Waals surface area contributed by atoms with E-state index in [0.29, 0.717) is 37.7 Å². The fourth-order valence-corrected chi connectivity index (χ4v) is 5.14. The summed E-state index contributed by atoms with van der Waals surface area (Å²) in [6.07, 6.45) is 4.23. The molecule has 1 saturated heterocycles. The number of amides is 2. The zero-order chi connectivity index (χ0) is 22.0. The van der Waals surface area contributed by atoms with Crippen molar-refractivity contribution in [3.63, 3.8) is 0 Å². The van der Waals surface area contributed by atoms with Gasteiger partial charge in [-0.2, -0.15) is 0 Å². The van der Waals surface area contributed by atoms with Gasteiger partial charge < -0.3 is 20.3 Å². The van der Waals surface area contributed by atoms with E-state index in [-0.39, 0.29) is 23.9 Å². The maximum atomic E-state index is 14.1. The highest BCUT2D eigenvalue weighted by Crippen LogP contribution is 2.32. The number of fused-ring (bicyclic) bond motifs is 1. The Morgan fingerprint density at radius 2 is 2.00 bits per heavy atom. The Morgan fingerprint density at radius 1 is 1.23 bits per heavy atom. The van der Waals surface area contributed by atoms with E-state index in [0.717, 1.165) is 50.0 Å². The Balaban J connectivity index is 1.28. The van der Waals surface area contributed by atoms with Crippen LogP contribution >= 0.6 is 0 Å². The Labute approximate surface area is 183 Å². The molecule has 0 aromatic heterocycles. The molecule has 2 unspecified atom stereocenters. The van der Waals surface area contributed by atoms with E-state index in [2.05, 4.69) is 15.5 Å². The maximum Gasteiger partial charge on any atom is 0.409 e. The molecule has 0 radical (unpaired) electrons. The second-order valence-electron chi connectivity index (χ2n) is 8.87. The first-order chi connectivity index (χ1) is 15.0. The average Bonchev–Trinajstić information content (AvgIpc) is 3.24. The van der Waals surface area contributed by atoms with Gasteiger partial charge in [-0.1, -0.05) is 6.07 Å². The number of rotatable bonds is 4. The van der Waals surface area contributed by atoms with Gasteiger partial charge in [-0.25, -0.2) is 9.18 Å². The summed E-state index contributed by atoms with van der Waals surface area (Å²) in [5, 5.41) is 6.43. The van der Waals surface area contributed by atoms with Crippen LogP contribution in [0.2, 0.25) is 0 Å². The van der Waals surface area contributed by atoms with Gasteiger partial charge in [0.15, 0.2) is 0 Å². The third kappa shape index (κ3) is 4.79. The molecule has 7 nitrogen and oxygen atoms in total. The molecule has 8 heteroatoms. The predicted molar refractivity (Wildman–Crippen MR) is 117 cm³/mol. The van der Waals surface area contributed by atoms with E-state index in [1.165, 1.54) is 6.07 Å². The summed E-state index contributed by atoms with van der Waals surface area (Å²) in [6, 6.07) is 3.35. The molecule has 2 amide bonds. The van der Waals surface area contributed by atoms with Crippen molar-refractivity contribution in [3.8, 4) is 0 Å². The van der Waals surface area contributed by atoms with Gasteiger partial charge in [-0.3, -0.25) is 9.69 Å². The van der Waals surface area contributed by atoms with E-state index >= 15 is 0 Å². The number of hydrogen-bond acceptors (Lipinski definition) is 5. The van der Waals surface area contributed by atoms with E-state index in [4.69, 9.17) is 4.74 Å². The number of hydrogen-bond donors (Lipinski definition) is 2. The van der Waals surface area contributed by atoms with Crippen molar-refractivity contribution in [2.24, 2.45) is 0 Å². The van der Waals surface area contributed by atoms with Crippen LogP contribution in [0, 0.1) is 12.7 Å². The van der Waals surface area contributed by atoms with Crippen molar-refractivity contribution >= 4 is 17.7 Å². The molecule has 1 aliphatic carbocycles. The smallest absolute Gasteiger partial charge is 0.409 e. The molecule has 31 heavy (non-hydrogen) atoms. The van der Waals surface area contributed by atoms with Crippen LogP contribution in [0.5, 0.6) is 0 Å². The number of nitrogens with zero attached hydrogens (tertiary/aromatic N) is 2. The minimum atomic E-state index is -0.418. The molecule has 2 aliphatic heterocycles. The quantitative estimate of drug-likeness (QED) is 0.765. The molecule has 2 heterocycles. The maximum absolute atomic E-state index is 14.1. The predicted octanol–water partition coefficient (Wildman–Crippen LogP) is 2.67. The van der Waals surface area contributed by atoms with Gasteiger partial charge in [0.2, 0.25) is 5.91 Å². The topological polar surface area (TPSA) is 73.9 Å². The highest BCUT2D eigenvalue weighted by molar-refractivity contribution is 5.88. The second kappa shape index (κ2) is 9.42. The fraction of sp³-hybridized carbons (Fsp3) is 0.652. The van der Waals surface area contributed by atoms with Gasteiger partial charge in [-0.05, 0) is 51.2 Å². The largest absolute Gasteiger partial charge is 0.450 e. The van der Waals surface area contributed by atoms with Crippen molar-refractivity contribution < 1.29 is 18.7 Å². The molecule has 1 aromatic carbocycles. The number of nitrogens with one attached hydrogen (secondary N) is 2. The minimum absolute atomic E-state index is 0.0484. The average molecular weight is 433 g/mol. The van der Waals surface area contributed by atoms with Crippen LogP contribution in [-0.4, -0.2) is 72.7 Å². The van der Waals surface area contributed by atoms with Crippen LogP contribution in [0.15, 0.2) is 12.1 Å². The van der Waals surface area contributed by atoms with Crippen LogP contribution < -0.4 is 10.6 Å². The van der Waals surface area contributed by atoms with Crippen molar-refractivity contribution in [2.75, 3.05) is 38.1 Å². The summed E-state index contributed by atoms with van der Waals surface area (Å²) in [5.41, 5.74) is 2.34. The molecule has 1 saturated carbocycles. The monoisotopic (exact) mass is 432 g/mol. The molecule has 4 rings (SSSR count). The zero-order valence-corrected chi connectivity index (χ0v) is 18.5. The lowest BCUT2D eigenvalue weighted by atomic mass is 9.89. The molecule has 3 aliphatic rings. The standard InChI is InChI=1S/C23H33FN4O3/c1-3-31-23(30)28-11-9-27(10-12-28)17-6-4-5-16(13-17)25-22(29)20-14-18-19(24)8-7-15(2)21(18)26-20/h7-8,16-17,20,26H,3-6,9-14H2,1-2H3,(H,25,29)/t16-,17?,20?/m1/s1. The van der Waals surface area contributed by atoms with E-state index in [1.54, 1.807) is 11.0 Å². The first-order valence-corrected chi connectivity index (χ1v) is 11.5. The normalized spacial score (nSPS) is 26.2.